The molecule has 1 heterocycles. The van der Waals surface area contributed by atoms with Crippen LogP contribution in [0.5, 0.6) is 0 Å². The van der Waals surface area contributed by atoms with Gasteiger partial charge in [-0.2, -0.15) is 0 Å². The Morgan fingerprint density at radius 1 is 1.26 bits per heavy atom. The molecule has 2 N–H and O–H groups in total. The minimum Gasteiger partial charge on any atom is -0.395 e. The van der Waals surface area contributed by atoms with Crippen molar-refractivity contribution in [2.24, 2.45) is 0 Å². The fourth-order valence-electron chi connectivity index (χ4n) is 3.03. The fourth-order valence-corrected chi connectivity index (χ4v) is 3.03. The van der Waals surface area contributed by atoms with E-state index >= 15 is 0 Å². The number of hydrogen-bond donors (Lipinski definition) is 2. The van der Waals surface area contributed by atoms with E-state index in [1.807, 2.05) is 0 Å². The number of nitrogens with zero attached hydrogens (tertiary/aromatic N) is 2. The molecule has 2 aliphatic rings. The molecule has 1 atom stereocenters. The van der Waals surface area contributed by atoms with Crippen molar-refractivity contribution in [2.75, 3.05) is 39.8 Å². The van der Waals surface area contributed by atoms with Gasteiger partial charge in [-0.05, 0) is 65.3 Å². The van der Waals surface area contributed by atoms with Crippen molar-refractivity contribution in [1.82, 2.24) is 15.1 Å². The topological polar surface area (TPSA) is 38.7 Å². The third kappa shape index (κ3) is 5.03. The minimum atomic E-state index is 0.276. The van der Waals surface area contributed by atoms with Gasteiger partial charge in [0.25, 0.3) is 0 Å². The lowest BCUT2D eigenvalue weighted by atomic mass is 10.0. The molecule has 19 heavy (non-hydrogen) atoms. The van der Waals surface area contributed by atoms with Crippen LogP contribution >= 0.6 is 0 Å². The summed E-state index contributed by atoms with van der Waals surface area (Å²) in [5.41, 5.74) is 0. The van der Waals surface area contributed by atoms with Crippen molar-refractivity contribution < 1.29 is 5.11 Å². The van der Waals surface area contributed by atoms with Gasteiger partial charge in [0, 0.05) is 18.1 Å². The summed E-state index contributed by atoms with van der Waals surface area (Å²) in [6.07, 6.45) is 6.25. The van der Waals surface area contributed by atoms with E-state index in [0.29, 0.717) is 12.1 Å². The summed E-state index contributed by atoms with van der Waals surface area (Å²) in [4.78, 5) is 5.04. The first-order chi connectivity index (χ1) is 9.22. The maximum Gasteiger partial charge on any atom is 0.0585 e. The molecule has 4 nitrogen and oxygen atoms in total. The zero-order valence-electron chi connectivity index (χ0n) is 12.6. The molecule has 0 amide bonds. The second-order valence-corrected chi connectivity index (χ2v) is 6.26. The van der Waals surface area contributed by atoms with Crippen molar-refractivity contribution in [3.05, 3.63) is 0 Å². The molecule has 4 heteroatoms. The van der Waals surface area contributed by atoms with Gasteiger partial charge in [-0.3, -0.25) is 0 Å². The van der Waals surface area contributed by atoms with Gasteiger partial charge in [0.2, 0.25) is 0 Å². The third-order valence-electron chi connectivity index (χ3n) is 4.73. The fraction of sp³-hybridized carbons (Fsp3) is 1.00. The van der Waals surface area contributed by atoms with E-state index in [-0.39, 0.29) is 6.61 Å². The molecule has 1 saturated heterocycles. The van der Waals surface area contributed by atoms with Crippen molar-refractivity contribution >= 4 is 0 Å². The summed E-state index contributed by atoms with van der Waals surface area (Å²) < 4.78 is 0. The molecule has 1 aliphatic carbocycles. The summed E-state index contributed by atoms with van der Waals surface area (Å²) in [5.74, 6) is 0. The molecular formula is C15H31N3O. The average molecular weight is 269 g/mol. The number of piperidine rings is 1. The molecule has 0 spiro atoms. The number of likely N-dealkylation sites (tertiary alicyclic amines) is 1. The van der Waals surface area contributed by atoms with Crippen molar-refractivity contribution in [3.8, 4) is 0 Å². The van der Waals surface area contributed by atoms with Gasteiger partial charge in [0.05, 0.1) is 6.61 Å². The van der Waals surface area contributed by atoms with Crippen LogP contribution in [0.3, 0.4) is 0 Å². The zero-order valence-corrected chi connectivity index (χ0v) is 12.6. The first kappa shape index (κ1) is 15.2. The minimum absolute atomic E-state index is 0.276. The van der Waals surface area contributed by atoms with Crippen LogP contribution in [-0.2, 0) is 0 Å². The lowest BCUT2D eigenvalue weighted by Gasteiger charge is -2.36. The predicted molar refractivity (Wildman–Crippen MR) is 79.4 cm³/mol. The summed E-state index contributed by atoms with van der Waals surface area (Å²) in [7, 11) is 2.25. The van der Waals surface area contributed by atoms with Crippen LogP contribution in [0.2, 0.25) is 0 Å². The van der Waals surface area contributed by atoms with E-state index in [2.05, 4.69) is 29.1 Å². The highest BCUT2D eigenvalue weighted by Crippen LogP contribution is 2.20. The second-order valence-electron chi connectivity index (χ2n) is 6.26. The van der Waals surface area contributed by atoms with Crippen LogP contribution in [-0.4, -0.2) is 72.9 Å². The van der Waals surface area contributed by atoms with Gasteiger partial charge in [0.15, 0.2) is 0 Å². The van der Waals surface area contributed by atoms with E-state index in [4.69, 9.17) is 0 Å². The van der Waals surface area contributed by atoms with Crippen molar-refractivity contribution in [2.45, 2.75) is 57.2 Å². The number of nitrogens with one attached hydrogen (secondary N) is 1. The number of hydrogen-bond acceptors (Lipinski definition) is 4. The van der Waals surface area contributed by atoms with Gasteiger partial charge < -0.3 is 20.2 Å². The molecule has 1 unspecified atom stereocenters. The quantitative estimate of drug-likeness (QED) is 0.687. The molecule has 0 aromatic heterocycles. The number of rotatable bonds is 8. The average Bonchev–Trinajstić information content (AvgIpc) is 3.27. The number of aliphatic hydroxyl groups is 1. The monoisotopic (exact) mass is 269 g/mol. The second kappa shape index (κ2) is 7.58. The van der Waals surface area contributed by atoms with Crippen LogP contribution in [0.25, 0.3) is 0 Å². The normalized spacial score (nSPS) is 24.0. The molecule has 112 valence electrons. The Hall–Kier alpha value is -0.160. The van der Waals surface area contributed by atoms with Crippen LogP contribution < -0.4 is 5.32 Å². The van der Waals surface area contributed by atoms with Gasteiger partial charge >= 0.3 is 0 Å². The molecule has 0 bridgehead atoms. The van der Waals surface area contributed by atoms with E-state index in [0.717, 1.165) is 19.0 Å². The SMILES string of the molecule is CCN1CCC(N(C)CCC(CO)NC2CC2)CC1. The Kier molecular flexibility index (Phi) is 6.07. The van der Waals surface area contributed by atoms with Gasteiger partial charge in [-0.15, -0.1) is 0 Å². The predicted octanol–water partition coefficient (Wildman–Crippen LogP) is 0.906. The Labute approximate surface area is 118 Å². The highest BCUT2D eigenvalue weighted by Gasteiger charge is 2.25. The lowest BCUT2D eigenvalue weighted by Crippen LogP contribution is -2.45. The van der Waals surface area contributed by atoms with Crippen molar-refractivity contribution in [1.29, 1.82) is 0 Å². The first-order valence-electron chi connectivity index (χ1n) is 8.02. The highest BCUT2D eigenvalue weighted by molar-refractivity contribution is 4.85. The molecule has 0 radical (unpaired) electrons. The van der Waals surface area contributed by atoms with Crippen molar-refractivity contribution in [3.63, 3.8) is 0 Å². The van der Waals surface area contributed by atoms with Crippen LogP contribution in [0.4, 0.5) is 0 Å². The molecule has 2 rings (SSSR count). The Morgan fingerprint density at radius 3 is 2.47 bits per heavy atom. The van der Waals surface area contributed by atoms with Crippen LogP contribution in [0, 0.1) is 0 Å². The molecule has 1 aliphatic heterocycles. The summed E-state index contributed by atoms with van der Waals surface area (Å²) in [6, 6.07) is 1.73. The largest absolute Gasteiger partial charge is 0.395 e. The summed E-state index contributed by atoms with van der Waals surface area (Å²) in [5, 5.41) is 12.9. The molecule has 0 aromatic rings. The summed E-state index contributed by atoms with van der Waals surface area (Å²) >= 11 is 0. The molecule has 0 aromatic carbocycles. The van der Waals surface area contributed by atoms with E-state index in [9.17, 15) is 5.11 Å². The maximum atomic E-state index is 9.40. The van der Waals surface area contributed by atoms with Gasteiger partial charge in [-0.25, -0.2) is 0 Å². The summed E-state index contributed by atoms with van der Waals surface area (Å²) in [6.45, 7) is 7.30. The maximum absolute atomic E-state index is 9.40. The highest BCUT2D eigenvalue weighted by atomic mass is 16.3. The molecular weight excluding hydrogens is 238 g/mol. The lowest BCUT2D eigenvalue weighted by molar-refractivity contribution is 0.123. The van der Waals surface area contributed by atoms with E-state index < -0.39 is 0 Å². The zero-order chi connectivity index (χ0) is 13.7. The smallest absolute Gasteiger partial charge is 0.0585 e. The number of aliphatic hydroxyl groups excluding tert-OH is 1. The molecule has 2 fully saturated rings. The molecule has 1 saturated carbocycles. The van der Waals surface area contributed by atoms with Crippen LogP contribution in [0.1, 0.15) is 39.0 Å². The van der Waals surface area contributed by atoms with Gasteiger partial charge in [0.1, 0.15) is 0 Å². The van der Waals surface area contributed by atoms with Gasteiger partial charge in [-0.1, -0.05) is 6.92 Å². The Morgan fingerprint density at radius 2 is 1.95 bits per heavy atom. The Bertz CT molecular complexity index is 250. The third-order valence-corrected chi connectivity index (χ3v) is 4.73. The first-order valence-corrected chi connectivity index (χ1v) is 8.02. The standard InChI is InChI=1S/C15H31N3O/c1-3-18-10-7-15(8-11-18)17(2)9-6-14(12-19)16-13-4-5-13/h13-16,19H,3-12H2,1-2H3. The van der Waals surface area contributed by atoms with E-state index in [1.54, 1.807) is 0 Å². The van der Waals surface area contributed by atoms with E-state index in [1.165, 1.54) is 45.3 Å². The Balaban J connectivity index is 1.64. The van der Waals surface area contributed by atoms with Crippen LogP contribution in [0.15, 0.2) is 0 Å².